The summed E-state index contributed by atoms with van der Waals surface area (Å²) in [6.07, 6.45) is 2.55. The minimum Gasteiger partial charge on any atom is -0.399 e. The van der Waals surface area contributed by atoms with Crippen molar-refractivity contribution in [3.63, 3.8) is 0 Å². The first-order valence-corrected chi connectivity index (χ1v) is 8.10. The number of benzene rings is 1. The molecule has 1 saturated heterocycles. The van der Waals surface area contributed by atoms with Crippen LogP contribution in [0.1, 0.15) is 18.4 Å². The number of hydrogen-bond acceptors (Lipinski definition) is 3. The van der Waals surface area contributed by atoms with Crippen LogP contribution in [0, 0.1) is 0 Å². The molecule has 0 amide bonds. The van der Waals surface area contributed by atoms with Crippen molar-refractivity contribution in [3.8, 4) is 0 Å². The third kappa shape index (κ3) is 2.45. The van der Waals surface area contributed by atoms with Crippen molar-refractivity contribution in [2.45, 2.75) is 18.3 Å². The van der Waals surface area contributed by atoms with Gasteiger partial charge in [0.2, 0.25) is 0 Å². The second-order valence-corrected chi connectivity index (χ2v) is 7.22. The van der Waals surface area contributed by atoms with Crippen molar-refractivity contribution in [2.24, 2.45) is 0 Å². The van der Waals surface area contributed by atoms with Gasteiger partial charge in [-0.25, -0.2) is 0 Å². The molecule has 98 valence electrons. The molecule has 3 nitrogen and oxygen atoms in total. The Morgan fingerprint density at radius 2 is 1.78 bits per heavy atom. The third-order valence-electron chi connectivity index (χ3n) is 4.17. The fourth-order valence-electron chi connectivity index (χ4n) is 2.79. The predicted octanol–water partition coefficient (Wildman–Crippen LogP) is 1.36. The molecule has 1 aliphatic heterocycles. The average Bonchev–Trinajstić information content (AvgIpc) is 3.14. The molecule has 2 aliphatic rings. The van der Waals surface area contributed by atoms with Gasteiger partial charge >= 0.3 is 0 Å². The Balaban J connectivity index is 1.68. The molecule has 0 radical (unpaired) electrons. The van der Waals surface area contributed by atoms with Crippen molar-refractivity contribution in [1.82, 2.24) is 4.90 Å². The molecule has 2 fully saturated rings. The normalized spacial score (nSPS) is 24.0. The van der Waals surface area contributed by atoms with E-state index in [1.165, 1.54) is 18.4 Å². The van der Waals surface area contributed by atoms with Crippen LogP contribution in [-0.2, 0) is 16.2 Å². The van der Waals surface area contributed by atoms with Crippen LogP contribution in [-0.4, -0.2) is 40.2 Å². The van der Waals surface area contributed by atoms with Crippen LogP contribution in [0.3, 0.4) is 0 Å². The number of nitrogen functional groups attached to an aromatic ring is 1. The Labute approximate surface area is 111 Å². The summed E-state index contributed by atoms with van der Waals surface area (Å²) in [4.78, 5) is 2.48. The summed E-state index contributed by atoms with van der Waals surface area (Å²) in [6, 6.07) is 8.34. The molecule has 1 aromatic rings. The first-order valence-electron chi connectivity index (χ1n) is 6.61. The zero-order chi connectivity index (χ0) is 12.6. The maximum atomic E-state index is 11.4. The molecule has 18 heavy (non-hydrogen) atoms. The largest absolute Gasteiger partial charge is 0.399 e. The summed E-state index contributed by atoms with van der Waals surface area (Å²) in [7, 11) is -0.575. The van der Waals surface area contributed by atoms with E-state index >= 15 is 0 Å². The fourth-order valence-corrected chi connectivity index (χ4v) is 3.92. The lowest BCUT2D eigenvalue weighted by molar-refractivity contribution is 0.271. The fraction of sp³-hybridized carbons (Fsp3) is 0.571. The van der Waals surface area contributed by atoms with E-state index < -0.39 is 10.8 Å². The van der Waals surface area contributed by atoms with E-state index in [2.05, 4.69) is 17.0 Å². The zero-order valence-electron chi connectivity index (χ0n) is 10.6. The highest BCUT2D eigenvalue weighted by Gasteiger charge is 2.45. The van der Waals surface area contributed by atoms with Gasteiger partial charge < -0.3 is 10.6 Å². The average molecular weight is 264 g/mol. The maximum absolute atomic E-state index is 11.4. The summed E-state index contributed by atoms with van der Waals surface area (Å²) < 4.78 is 11.4. The Hall–Kier alpha value is -0.870. The van der Waals surface area contributed by atoms with Crippen LogP contribution in [0.15, 0.2) is 24.3 Å². The van der Waals surface area contributed by atoms with Gasteiger partial charge in [-0.1, -0.05) is 12.1 Å². The molecular formula is C14H20N2OS. The Morgan fingerprint density at radius 3 is 2.33 bits per heavy atom. The standard InChI is InChI=1S/C14H20N2OS/c15-13-3-1-12(2-4-13)14(5-6-14)11-16-7-9-18(17)10-8-16/h1-4H,5-11,15H2. The maximum Gasteiger partial charge on any atom is 0.0363 e. The molecule has 2 N–H and O–H groups in total. The highest BCUT2D eigenvalue weighted by atomic mass is 32.2. The summed E-state index contributed by atoms with van der Waals surface area (Å²) in [5.74, 6) is 1.69. The topological polar surface area (TPSA) is 46.3 Å². The van der Waals surface area contributed by atoms with E-state index in [4.69, 9.17) is 5.73 Å². The first kappa shape index (κ1) is 12.2. The Bertz CT molecular complexity index is 443. The molecule has 3 rings (SSSR count). The monoisotopic (exact) mass is 264 g/mol. The van der Waals surface area contributed by atoms with Crippen LogP contribution >= 0.6 is 0 Å². The van der Waals surface area contributed by atoms with E-state index in [1.807, 2.05) is 12.1 Å². The van der Waals surface area contributed by atoms with Gasteiger partial charge in [0.1, 0.15) is 0 Å². The molecule has 0 aromatic heterocycles. The van der Waals surface area contributed by atoms with E-state index in [0.717, 1.165) is 36.8 Å². The van der Waals surface area contributed by atoms with E-state index in [1.54, 1.807) is 0 Å². The van der Waals surface area contributed by atoms with Crippen LogP contribution < -0.4 is 5.73 Å². The zero-order valence-corrected chi connectivity index (χ0v) is 11.4. The van der Waals surface area contributed by atoms with Gasteiger partial charge in [-0.3, -0.25) is 4.21 Å². The molecule has 0 unspecified atom stereocenters. The minimum atomic E-state index is -0.575. The van der Waals surface area contributed by atoms with Gasteiger partial charge in [0.25, 0.3) is 0 Å². The van der Waals surface area contributed by atoms with Gasteiger partial charge in [-0.05, 0) is 30.5 Å². The number of rotatable bonds is 3. The van der Waals surface area contributed by atoms with E-state index in [0.29, 0.717) is 5.41 Å². The predicted molar refractivity (Wildman–Crippen MR) is 76.1 cm³/mol. The highest BCUT2D eigenvalue weighted by Crippen LogP contribution is 2.48. The number of nitrogens with two attached hydrogens (primary N) is 1. The Morgan fingerprint density at radius 1 is 1.17 bits per heavy atom. The molecule has 4 heteroatoms. The Kier molecular flexibility index (Phi) is 3.16. The number of anilines is 1. The lowest BCUT2D eigenvalue weighted by Crippen LogP contribution is -2.42. The highest BCUT2D eigenvalue weighted by molar-refractivity contribution is 7.85. The molecule has 0 bridgehead atoms. The van der Waals surface area contributed by atoms with Crippen LogP contribution in [0.4, 0.5) is 5.69 Å². The summed E-state index contributed by atoms with van der Waals surface area (Å²) in [5.41, 5.74) is 8.36. The minimum absolute atomic E-state index is 0.354. The molecule has 1 aliphatic carbocycles. The first-order chi connectivity index (χ1) is 8.68. The lowest BCUT2D eigenvalue weighted by Gasteiger charge is -2.30. The molecular weight excluding hydrogens is 244 g/mol. The van der Waals surface area contributed by atoms with Gasteiger partial charge in [-0.15, -0.1) is 0 Å². The summed E-state index contributed by atoms with van der Waals surface area (Å²) in [6.45, 7) is 3.10. The van der Waals surface area contributed by atoms with Gasteiger partial charge in [0.15, 0.2) is 0 Å². The summed E-state index contributed by atoms with van der Waals surface area (Å²) >= 11 is 0. The quantitative estimate of drug-likeness (QED) is 0.839. The van der Waals surface area contributed by atoms with Crippen molar-refractivity contribution in [2.75, 3.05) is 36.9 Å². The second kappa shape index (κ2) is 4.67. The molecule has 0 atom stereocenters. The van der Waals surface area contributed by atoms with Crippen molar-refractivity contribution in [3.05, 3.63) is 29.8 Å². The van der Waals surface area contributed by atoms with Gasteiger partial charge in [-0.2, -0.15) is 0 Å². The SMILES string of the molecule is Nc1ccc(C2(CN3CCS(=O)CC3)CC2)cc1. The number of hydrogen-bond donors (Lipinski definition) is 1. The van der Waals surface area contributed by atoms with Crippen molar-refractivity contribution >= 4 is 16.5 Å². The molecule has 1 heterocycles. The van der Waals surface area contributed by atoms with E-state index in [-0.39, 0.29) is 0 Å². The van der Waals surface area contributed by atoms with Crippen LogP contribution in [0.2, 0.25) is 0 Å². The molecule has 0 spiro atoms. The second-order valence-electron chi connectivity index (χ2n) is 5.53. The molecule has 1 saturated carbocycles. The smallest absolute Gasteiger partial charge is 0.0363 e. The third-order valence-corrected chi connectivity index (χ3v) is 5.45. The van der Waals surface area contributed by atoms with Gasteiger partial charge in [0, 0.05) is 53.0 Å². The van der Waals surface area contributed by atoms with Crippen molar-refractivity contribution in [1.29, 1.82) is 0 Å². The summed E-state index contributed by atoms with van der Waals surface area (Å²) in [5, 5.41) is 0. The van der Waals surface area contributed by atoms with Crippen molar-refractivity contribution < 1.29 is 4.21 Å². The number of nitrogens with zero attached hydrogens (tertiary/aromatic N) is 1. The lowest BCUT2D eigenvalue weighted by atomic mass is 9.95. The van der Waals surface area contributed by atoms with Gasteiger partial charge in [0.05, 0.1) is 0 Å². The van der Waals surface area contributed by atoms with Crippen LogP contribution in [0.5, 0.6) is 0 Å². The molecule has 1 aromatic carbocycles. The van der Waals surface area contributed by atoms with E-state index in [9.17, 15) is 4.21 Å². The van der Waals surface area contributed by atoms with Crippen LogP contribution in [0.25, 0.3) is 0 Å².